The van der Waals surface area contributed by atoms with Crippen LogP contribution in [0.2, 0.25) is 0 Å². The molecule has 23 heavy (non-hydrogen) atoms. The van der Waals surface area contributed by atoms with Gasteiger partial charge in [-0.25, -0.2) is 0 Å². The quantitative estimate of drug-likeness (QED) is 0.524. The van der Waals surface area contributed by atoms with Crippen molar-refractivity contribution in [2.45, 2.75) is 46.3 Å². The molecule has 0 atom stereocenters. The molecule has 2 aromatic rings. The summed E-state index contributed by atoms with van der Waals surface area (Å²) in [6.07, 6.45) is 3.72. The molecule has 0 aromatic carbocycles. The SMILES string of the molecule is C.Cn1cc(B2OC(C)(C)C(C)(C)O2)c2ccn(SI)c2c1=O. The lowest BCUT2D eigenvalue weighted by atomic mass is 9.78. The third kappa shape index (κ3) is 2.87. The summed E-state index contributed by atoms with van der Waals surface area (Å²) < 4.78 is 15.7. The van der Waals surface area contributed by atoms with Gasteiger partial charge in [-0.15, -0.1) is 0 Å². The van der Waals surface area contributed by atoms with Gasteiger partial charge < -0.3 is 13.9 Å². The molecule has 1 fully saturated rings. The van der Waals surface area contributed by atoms with Gasteiger partial charge in [0.25, 0.3) is 5.56 Å². The molecule has 0 bridgehead atoms. The molecule has 0 saturated carbocycles. The second-order valence-corrected chi connectivity index (χ2v) is 8.27. The summed E-state index contributed by atoms with van der Waals surface area (Å²) in [7, 11) is 2.75. The van der Waals surface area contributed by atoms with Crippen LogP contribution in [0.4, 0.5) is 0 Å². The molecule has 0 aliphatic carbocycles. The van der Waals surface area contributed by atoms with E-state index in [1.807, 2.05) is 50.1 Å². The maximum Gasteiger partial charge on any atom is 0.497 e. The van der Waals surface area contributed by atoms with Gasteiger partial charge in [0, 0.05) is 60.6 Å². The Labute approximate surface area is 153 Å². The van der Waals surface area contributed by atoms with Crippen LogP contribution in [0.15, 0.2) is 23.3 Å². The second-order valence-electron chi connectivity index (χ2n) is 6.56. The van der Waals surface area contributed by atoms with Crippen molar-refractivity contribution in [3.05, 3.63) is 28.8 Å². The van der Waals surface area contributed by atoms with Crippen molar-refractivity contribution >= 4 is 53.8 Å². The number of hydrogen-bond donors (Lipinski definition) is 0. The summed E-state index contributed by atoms with van der Waals surface area (Å²) in [5.74, 6) is 0. The van der Waals surface area contributed by atoms with Gasteiger partial charge in [-0.05, 0) is 33.8 Å². The zero-order valence-electron chi connectivity index (χ0n) is 13.2. The van der Waals surface area contributed by atoms with Crippen molar-refractivity contribution in [1.29, 1.82) is 0 Å². The minimum Gasteiger partial charge on any atom is -0.399 e. The molecule has 0 radical (unpaired) electrons. The van der Waals surface area contributed by atoms with Gasteiger partial charge in [-0.3, -0.25) is 8.77 Å². The molecular weight excluding hydrogens is 426 g/mol. The average Bonchev–Trinajstić information content (AvgIpc) is 2.93. The van der Waals surface area contributed by atoms with Crippen LogP contribution in [-0.4, -0.2) is 26.9 Å². The van der Waals surface area contributed by atoms with Gasteiger partial charge in [0.2, 0.25) is 0 Å². The van der Waals surface area contributed by atoms with Crippen molar-refractivity contribution in [3.8, 4) is 0 Å². The normalized spacial score (nSPS) is 19.1. The smallest absolute Gasteiger partial charge is 0.399 e. The minimum atomic E-state index is -0.477. The molecule has 2 aromatic heterocycles. The molecule has 0 N–H and O–H groups in total. The van der Waals surface area contributed by atoms with Gasteiger partial charge in [0.05, 0.1) is 11.2 Å². The van der Waals surface area contributed by atoms with Crippen LogP contribution in [0, 0.1) is 0 Å². The molecule has 1 saturated heterocycles. The molecular formula is C15H22BIN2O3S. The summed E-state index contributed by atoms with van der Waals surface area (Å²) >= 11 is 2.17. The number of aryl methyl sites for hydroxylation is 1. The zero-order valence-corrected chi connectivity index (χ0v) is 16.2. The maximum absolute atomic E-state index is 12.4. The van der Waals surface area contributed by atoms with E-state index >= 15 is 0 Å². The molecule has 0 amide bonds. The van der Waals surface area contributed by atoms with E-state index in [2.05, 4.69) is 21.2 Å². The van der Waals surface area contributed by atoms with Gasteiger partial charge in [-0.1, -0.05) is 7.43 Å². The van der Waals surface area contributed by atoms with Crippen molar-refractivity contribution in [2.24, 2.45) is 7.05 Å². The number of fused-ring (bicyclic) bond motifs is 1. The van der Waals surface area contributed by atoms with E-state index in [9.17, 15) is 4.79 Å². The Morgan fingerprint density at radius 3 is 2.30 bits per heavy atom. The van der Waals surface area contributed by atoms with Crippen LogP contribution in [0.3, 0.4) is 0 Å². The van der Waals surface area contributed by atoms with Crippen molar-refractivity contribution in [3.63, 3.8) is 0 Å². The van der Waals surface area contributed by atoms with Gasteiger partial charge in [-0.2, -0.15) is 0 Å². The van der Waals surface area contributed by atoms with Crippen LogP contribution in [0.25, 0.3) is 10.9 Å². The van der Waals surface area contributed by atoms with Gasteiger partial charge in [0.1, 0.15) is 5.52 Å². The first-order chi connectivity index (χ1) is 10.2. The fourth-order valence-electron chi connectivity index (χ4n) is 2.58. The van der Waals surface area contributed by atoms with E-state index in [1.165, 1.54) is 9.12 Å². The Hall–Kier alpha value is -0.445. The molecule has 0 unspecified atom stereocenters. The maximum atomic E-state index is 12.4. The number of nitrogens with zero attached hydrogens (tertiary/aromatic N) is 2. The average molecular weight is 448 g/mol. The van der Waals surface area contributed by atoms with Gasteiger partial charge in [0.15, 0.2) is 0 Å². The van der Waals surface area contributed by atoms with E-state index in [0.717, 1.165) is 10.8 Å². The Morgan fingerprint density at radius 1 is 1.22 bits per heavy atom. The third-order valence-electron chi connectivity index (χ3n) is 4.60. The molecule has 126 valence electrons. The Kier molecular flexibility index (Phi) is 5.03. The summed E-state index contributed by atoms with van der Waals surface area (Å²) in [6, 6.07) is 1.95. The third-order valence-corrected chi connectivity index (χ3v) is 6.33. The van der Waals surface area contributed by atoms with Crippen LogP contribution >= 0.6 is 30.3 Å². The minimum absolute atomic E-state index is 0. The van der Waals surface area contributed by atoms with Crippen LogP contribution in [0.5, 0.6) is 0 Å². The molecule has 8 heteroatoms. The lowest BCUT2D eigenvalue weighted by Gasteiger charge is -2.32. The highest BCUT2D eigenvalue weighted by atomic mass is 127. The van der Waals surface area contributed by atoms with E-state index in [1.54, 1.807) is 11.6 Å². The summed E-state index contributed by atoms with van der Waals surface area (Å²) in [4.78, 5) is 12.4. The molecule has 0 spiro atoms. The van der Waals surface area contributed by atoms with Crippen LogP contribution in [-0.2, 0) is 16.4 Å². The lowest BCUT2D eigenvalue weighted by Crippen LogP contribution is -2.41. The van der Waals surface area contributed by atoms with Crippen LogP contribution < -0.4 is 11.0 Å². The Morgan fingerprint density at radius 2 is 1.78 bits per heavy atom. The predicted octanol–water partition coefficient (Wildman–Crippen LogP) is 3.12. The van der Waals surface area contributed by atoms with E-state index in [4.69, 9.17) is 9.31 Å². The first-order valence-electron chi connectivity index (χ1n) is 7.03. The Balaban J connectivity index is 0.00000192. The topological polar surface area (TPSA) is 45.4 Å². The predicted molar refractivity (Wildman–Crippen MR) is 107 cm³/mol. The van der Waals surface area contributed by atoms with E-state index in [0.29, 0.717) is 5.52 Å². The van der Waals surface area contributed by atoms with Crippen molar-refractivity contribution < 1.29 is 9.31 Å². The number of hydrogen-bond acceptors (Lipinski definition) is 4. The fraction of sp³-hybridized carbons (Fsp3) is 0.533. The zero-order chi connectivity index (χ0) is 16.3. The first-order valence-corrected chi connectivity index (χ1v) is 10.3. The molecule has 1 aliphatic rings. The molecule has 3 rings (SSSR count). The summed E-state index contributed by atoms with van der Waals surface area (Å²) in [6.45, 7) is 8.10. The van der Waals surface area contributed by atoms with Gasteiger partial charge >= 0.3 is 7.12 Å². The largest absolute Gasteiger partial charge is 0.497 e. The highest BCUT2D eigenvalue weighted by Gasteiger charge is 2.52. The highest BCUT2D eigenvalue weighted by Crippen LogP contribution is 2.37. The number of rotatable bonds is 2. The summed E-state index contributed by atoms with van der Waals surface area (Å²) in [5.41, 5.74) is 0.719. The molecule has 5 nitrogen and oxygen atoms in total. The lowest BCUT2D eigenvalue weighted by molar-refractivity contribution is 0.00578. The monoisotopic (exact) mass is 448 g/mol. The summed E-state index contributed by atoms with van der Waals surface area (Å²) in [5, 5.41) is 0.880. The molecule has 1 aliphatic heterocycles. The van der Waals surface area contributed by atoms with Crippen molar-refractivity contribution in [1.82, 2.24) is 8.54 Å². The second kappa shape index (κ2) is 6.13. The van der Waals surface area contributed by atoms with E-state index in [-0.39, 0.29) is 13.0 Å². The van der Waals surface area contributed by atoms with E-state index < -0.39 is 18.3 Å². The Bertz CT molecular complexity index is 784. The highest BCUT2D eigenvalue weighted by molar-refractivity contribution is 14.2. The number of aromatic nitrogens is 2. The number of halogens is 1. The number of pyridine rings is 1. The standard InChI is InChI=1S/C14H18BIN2O3S.CH4/c1-13(2)14(3,4)21-15(20-13)10-8-17(5)12(19)11-9(10)6-7-18(11)22-16;/h6-8H,1-5H3;1H4. The van der Waals surface area contributed by atoms with Crippen molar-refractivity contribution in [2.75, 3.05) is 0 Å². The van der Waals surface area contributed by atoms with Crippen LogP contribution in [0.1, 0.15) is 35.1 Å². The fourth-order valence-corrected chi connectivity index (χ4v) is 3.91. The molecule has 3 heterocycles. The first kappa shape index (κ1) is 18.9.